The monoisotopic (exact) mass is 327 g/mol. The Bertz CT molecular complexity index is 696. The summed E-state index contributed by atoms with van der Waals surface area (Å²) in [5, 5.41) is 4.54. The molecular formula is C19H25N3O2. The lowest BCUT2D eigenvalue weighted by atomic mass is 10.1. The third-order valence-electron chi connectivity index (χ3n) is 4.71. The molecule has 0 bridgehead atoms. The second-order valence-electron chi connectivity index (χ2n) is 6.46. The Morgan fingerprint density at radius 2 is 2.08 bits per heavy atom. The number of benzene rings is 1. The third kappa shape index (κ3) is 3.36. The van der Waals surface area contributed by atoms with Gasteiger partial charge in [-0.2, -0.15) is 5.10 Å². The van der Waals surface area contributed by atoms with E-state index in [-0.39, 0.29) is 11.9 Å². The highest BCUT2D eigenvalue weighted by Gasteiger charge is 2.34. The largest absolute Gasteiger partial charge is 0.367 e. The molecule has 0 aliphatic carbocycles. The van der Waals surface area contributed by atoms with E-state index in [4.69, 9.17) is 4.74 Å². The van der Waals surface area contributed by atoms with Gasteiger partial charge in [0.25, 0.3) is 5.91 Å². The number of rotatable bonds is 5. The van der Waals surface area contributed by atoms with Crippen molar-refractivity contribution in [1.82, 2.24) is 14.7 Å². The number of aryl methyl sites for hydroxylation is 2. The minimum atomic E-state index is -0.535. The molecule has 1 saturated heterocycles. The zero-order valence-electron chi connectivity index (χ0n) is 14.6. The first-order valence-corrected chi connectivity index (χ1v) is 8.49. The summed E-state index contributed by atoms with van der Waals surface area (Å²) in [4.78, 5) is 15.0. The van der Waals surface area contributed by atoms with Crippen molar-refractivity contribution in [2.75, 3.05) is 13.7 Å². The van der Waals surface area contributed by atoms with Crippen LogP contribution < -0.4 is 0 Å². The standard InChI is InChI=1S/C19H25N3O2/c1-14-12-15(2)22(20-14)13-17-10-7-11-21(17)19(23)18(24-3)16-8-5-4-6-9-16/h4-6,8-9,12,17-18H,7,10-11,13H2,1-3H3. The van der Waals surface area contributed by atoms with Crippen molar-refractivity contribution >= 4 is 5.91 Å². The summed E-state index contributed by atoms with van der Waals surface area (Å²) in [6, 6.07) is 12.0. The van der Waals surface area contributed by atoms with Crippen LogP contribution in [0.1, 0.15) is 35.9 Å². The van der Waals surface area contributed by atoms with Gasteiger partial charge in [0.2, 0.25) is 0 Å². The Balaban J connectivity index is 1.76. The zero-order valence-corrected chi connectivity index (χ0v) is 14.6. The molecule has 3 rings (SSSR count). The third-order valence-corrected chi connectivity index (χ3v) is 4.71. The lowest BCUT2D eigenvalue weighted by Crippen LogP contribution is -2.41. The van der Waals surface area contributed by atoms with E-state index in [1.54, 1.807) is 7.11 Å². The van der Waals surface area contributed by atoms with E-state index in [0.29, 0.717) is 0 Å². The number of likely N-dealkylation sites (tertiary alicyclic amines) is 1. The van der Waals surface area contributed by atoms with Gasteiger partial charge in [0.1, 0.15) is 0 Å². The highest BCUT2D eigenvalue weighted by molar-refractivity contribution is 5.83. The normalized spacial score (nSPS) is 18.8. The Morgan fingerprint density at radius 3 is 2.71 bits per heavy atom. The first kappa shape index (κ1) is 16.7. The summed E-state index contributed by atoms with van der Waals surface area (Å²) in [5.74, 6) is 0.0488. The lowest BCUT2D eigenvalue weighted by Gasteiger charge is -2.28. The van der Waals surface area contributed by atoms with Crippen LogP contribution in [0.25, 0.3) is 0 Å². The smallest absolute Gasteiger partial charge is 0.256 e. The Morgan fingerprint density at radius 1 is 1.33 bits per heavy atom. The molecule has 1 amide bonds. The Hall–Kier alpha value is -2.14. The molecular weight excluding hydrogens is 302 g/mol. The van der Waals surface area contributed by atoms with Gasteiger partial charge in [-0.15, -0.1) is 0 Å². The molecule has 0 spiro atoms. The predicted molar refractivity (Wildman–Crippen MR) is 92.6 cm³/mol. The molecule has 2 atom stereocenters. The molecule has 0 saturated carbocycles. The summed E-state index contributed by atoms with van der Waals surface area (Å²) < 4.78 is 7.53. The van der Waals surface area contributed by atoms with Crippen molar-refractivity contribution in [2.24, 2.45) is 0 Å². The van der Waals surface area contributed by atoms with Crippen molar-refractivity contribution < 1.29 is 9.53 Å². The summed E-state index contributed by atoms with van der Waals surface area (Å²) in [7, 11) is 1.60. The number of amides is 1. The molecule has 1 aliphatic rings. The number of nitrogens with zero attached hydrogens (tertiary/aromatic N) is 3. The molecule has 24 heavy (non-hydrogen) atoms. The van der Waals surface area contributed by atoms with Crippen LogP contribution in [-0.2, 0) is 16.1 Å². The zero-order chi connectivity index (χ0) is 17.1. The topological polar surface area (TPSA) is 47.4 Å². The van der Waals surface area contributed by atoms with Crippen LogP contribution in [0.2, 0.25) is 0 Å². The number of aromatic nitrogens is 2. The lowest BCUT2D eigenvalue weighted by molar-refractivity contribution is -0.143. The van der Waals surface area contributed by atoms with Gasteiger partial charge >= 0.3 is 0 Å². The maximum atomic E-state index is 13.0. The van der Waals surface area contributed by atoms with Crippen molar-refractivity contribution in [3.05, 3.63) is 53.3 Å². The number of hydrogen-bond donors (Lipinski definition) is 0. The molecule has 0 radical (unpaired) electrons. The van der Waals surface area contributed by atoms with Crippen LogP contribution >= 0.6 is 0 Å². The van der Waals surface area contributed by atoms with Gasteiger partial charge in [-0.3, -0.25) is 9.48 Å². The fourth-order valence-electron chi connectivity index (χ4n) is 3.53. The van der Waals surface area contributed by atoms with Gasteiger partial charge in [-0.05, 0) is 38.3 Å². The molecule has 1 aliphatic heterocycles. The van der Waals surface area contributed by atoms with Crippen molar-refractivity contribution in [3.8, 4) is 0 Å². The minimum absolute atomic E-state index is 0.0488. The second kappa shape index (κ2) is 7.18. The second-order valence-corrected chi connectivity index (χ2v) is 6.46. The first-order valence-electron chi connectivity index (χ1n) is 8.49. The van der Waals surface area contributed by atoms with E-state index in [9.17, 15) is 4.79 Å². The highest BCUT2D eigenvalue weighted by atomic mass is 16.5. The van der Waals surface area contributed by atoms with E-state index < -0.39 is 6.10 Å². The summed E-state index contributed by atoms with van der Waals surface area (Å²) in [5.41, 5.74) is 3.06. The quantitative estimate of drug-likeness (QED) is 0.848. The van der Waals surface area contributed by atoms with E-state index in [0.717, 1.165) is 42.9 Å². The summed E-state index contributed by atoms with van der Waals surface area (Å²) >= 11 is 0. The molecule has 2 unspecified atom stereocenters. The van der Waals surface area contributed by atoms with E-state index in [1.165, 1.54) is 0 Å². The van der Waals surface area contributed by atoms with Crippen LogP contribution in [0.4, 0.5) is 0 Å². The molecule has 1 fully saturated rings. The fraction of sp³-hybridized carbons (Fsp3) is 0.474. The molecule has 0 N–H and O–H groups in total. The molecule has 5 heteroatoms. The summed E-state index contributed by atoms with van der Waals surface area (Å²) in [6.07, 6.45) is 1.50. The first-order chi connectivity index (χ1) is 11.6. The number of hydrogen-bond acceptors (Lipinski definition) is 3. The SMILES string of the molecule is COC(C(=O)N1CCCC1Cn1nc(C)cc1C)c1ccccc1. The maximum Gasteiger partial charge on any atom is 0.256 e. The van der Waals surface area contributed by atoms with Crippen LogP contribution in [0.3, 0.4) is 0 Å². The molecule has 2 heterocycles. The van der Waals surface area contributed by atoms with Crippen LogP contribution in [0.5, 0.6) is 0 Å². The van der Waals surface area contributed by atoms with Gasteiger partial charge in [0.15, 0.2) is 6.10 Å². The predicted octanol–water partition coefficient (Wildman–Crippen LogP) is 2.88. The van der Waals surface area contributed by atoms with Crippen LogP contribution in [0, 0.1) is 13.8 Å². The van der Waals surface area contributed by atoms with Crippen LogP contribution in [-0.4, -0.2) is 40.3 Å². The molecule has 1 aromatic carbocycles. The Kier molecular flexibility index (Phi) is 5.00. The maximum absolute atomic E-state index is 13.0. The molecule has 5 nitrogen and oxygen atoms in total. The average molecular weight is 327 g/mol. The average Bonchev–Trinajstić information content (AvgIpc) is 3.16. The van der Waals surface area contributed by atoms with E-state index in [1.807, 2.05) is 46.8 Å². The number of carbonyl (C=O) groups is 1. The molecule has 2 aromatic rings. The van der Waals surface area contributed by atoms with Crippen molar-refractivity contribution in [3.63, 3.8) is 0 Å². The van der Waals surface area contributed by atoms with E-state index >= 15 is 0 Å². The van der Waals surface area contributed by atoms with E-state index in [2.05, 4.69) is 18.1 Å². The highest BCUT2D eigenvalue weighted by Crippen LogP contribution is 2.26. The Labute approximate surface area is 143 Å². The van der Waals surface area contributed by atoms with Gasteiger partial charge in [0, 0.05) is 19.3 Å². The summed E-state index contributed by atoms with van der Waals surface area (Å²) in [6.45, 7) is 5.59. The fourth-order valence-corrected chi connectivity index (χ4v) is 3.53. The van der Waals surface area contributed by atoms with Crippen molar-refractivity contribution in [2.45, 2.75) is 45.4 Å². The van der Waals surface area contributed by atoms with Crippen molar-refractivity contribution in [1.29, 1.82) is 0 Å². The number of ether oxygens (including phenoxy) is 1. The minimum Gasteiger partial charge on any atom is -0.367 e. The molecule has 128 valence electrons. The van der Waals surface area contributed by atoms with Gasteiger partial charge in [-0.25, -0.2) is 0 Å². The van der Waals surface area contributed by atoms with Gasteiger partial charge < -0.3 is 9.64 Å². The van der Waals surface area contributed by atoms with Crippen LogP contribution in [0.15, 0.2) is 36.4 Å². The van der Waals surface area contributed by atoms with Gasteiger partial charge in [-0.1, -0.05) is 30.3 Å². The molecule has 1 aromatic heterocycles. The number of methoxy groups -OCH3 is 1. The number of carbonyl (C=O) groups excluding carboxylic acids is 1. The van der Waals surface area contributed by atoms with Gasteiger partial charge in [0.05, 0.1) is 18.3 Å².